The molecule has 0 radical (unpaired) electrons. The van der Waals surface area contributed by atoms with Gasteiger partial charge in [0.05, 0.1) is 37.5 Å². The van der Waals surface area contributed by atoms with Gasteiger partial charge >= 0.3 is 0 Å². The Labute approximate surface area is 164 Å². The first kappa shape index (κ1) is 20.0. The zero-order chi connectivity index (χ0) is 19.8. The number of rotatable bonds is 5. The molecule has 148 valence electrons. The van der Waals surface area contributed by atoms with Crippen LogP contribution in [0.1, 0.15) is 20.3 Å². The number of amides is 1. The Morgan fingerprint density at radius 1 is 1.33 bits per heavy atom. The molecule has 9 heteroatoms. The Morgan fingerprint density at radius 3 is 2.70 bits per heavy atom. The number of carbonyl (C=O) groups excluding carboxylic acids is 1. The minimum absolute atomic E-state index is 0.0293. The number of sulfone groups is 1. The molecule has 0 saturated carbocycles. The van der Waals surface area contributed by atoms with Crippen molar-refractivity contribution in [2.45, 2.75) is 31.6 Å². The van der Waals surface area contributed by atoms with Gasteiger partial charge in [-0.1, -0.05) is 25.6 Å². The lowest BCUT2D eigenvalue weighted by atomic mass is 10.1. The normalized spacial score (nSPS) is 26.1. The average Bonchev–Trinajstić information content (AvgIpc) is 3.10. The van der Waals surface area contributed by atoms with Gasteiger partial charge < -0.3 is 14.4 Å². The largest absolute Gasteiger partial charge is 0.497 e. The highest BCUT2D eigenvalue weighted by Crippen LogP contribution is 2.45. The minimum Gasteiger partial charge on any atom is -0.497 e. The van der Waals surface area contributed by atoms with Gasteiger partial charge in [-0.05, 0) is 18.6 Å². The monoisotopic (exact) mass is 412 g/mol. The quantitative estimate of drug-likeness (QED) is 0.734. The molecule has 27 heavy (non-hydrogen) atoms. The van der Waals surface area contributed by atoms with Gasteiger partial charge in [0, 0.05) is 17.2 Å². The molecule has 0 aromatic heterocycles. The van der Waals surface area contributed by atoms with E-state index in [2.05, 4.69) is 4.99 Å². The van der Waals surface area contributed by atoms with Crippen molar-refractivity contribution in [1.82, 2.24) is 0 Å². The fourth-order valence-corrected chi connectivity index (χ4v) is 7.12. The van der Waals surface area contributed by atoms with Crippen LogP contribution in [-0.4, -0.2) is 56.5 Å². The molecule has 2 fully saturated rings. The van der Waals surface area contributed by atoms with Crippen molar-refractivity contribution in [2.24, 2.45) is 10.9 Å². The van der Waals surface area contributed by atoms with Gasteiger partial charge in [-0.2, -0.15) is 4.99 Å². The maximum atomic E-state index is 12.4. The summed E-state index contributed by atoms with van der Waals surface area (Å²) in [7, 11) is -0.0109. The van der Waals surface area contributed by atoms with E-state index in [0.29, 0.717) is 28.8 Å². The zero-order valence-electron chi connectivity index (χ0n) is 15.8. The highest BCUT2D eigenvalue weighted by atomic mass is 32.2. The fraction of sp³-hybridized carbons (Fsp3) is 0.556. The van der Waals surface area contributed by atoms with Crippen LogP contribution < -0.4 is 14.4 Å². The zero-order valence-corrected chi connectivity index (χ0v) is 17.5. The maximum absolute atomic E-state index is 12.4. The number of fused-ring (bicyclic) bond motifs is 1. The van der Waals surface area contributed by atoms with Crippen LogP contribution in [-0.2, 0) is 14.6 Å². The van der Waals surface area contributed by atoms with Crippen molar-refractivity contribution >= 4 is 38.4 Å². The SMILES string of the molecule is CC[C@H](C)C(=O)N=C1S[C@H]2CS(=O)(=O)C[C@@H]2N1c1cc(OC)ccc1OC. The average molecular weight is 413 g/mol. The molecule has 1 aromatic rings. The molecule has 3 rings (SSSR count). The third-order valence-corrected chi connectivity index (χ3v) is 8.16. The van der Waals surface area contributed by atoms with E-state index in [1.165, 1.54) is 11.8 Å². The van der Waals surface area contributed by atoms with Crippen LogP contribution in [0.2, 0.25) is 0 Å². The molecule has 1 aromatic carbocycles. The second-order valence-corrected chi connectivity index (χ2v) is 10.1. The maximum Gasteiger partial charge on any atom is 0.250 e. The Kier molecular flexibility index (Phi) is 5.71. The van der Waals surface area contributed by atoms with Gasteiger partial charge in [-0.15, -0.1) is 0 Å². The lowest BCUT2D eigenvalue weighted by Gasteiger charge is -2.26. The lowest BCUT2D eigenvalue weighted by Crippen LogP contribution is -2.38. The number of hydrogen-bond acceptors (Lipinski definition) is 6. The second-order valence-electron chi connectivity index (χ2n) is 6.75. The van der Waals surface area contributed by atoms with Crippen LogP contribution in [0, 0.1) is 5.92 Å². The van der Waals surface area contributed by atoms with Crippen LogP contribution in [0.15, 0.2) is 23.2 Å². The van der Waals surface area contributed by atoms with Gasteiger partial charge in [-0.25, -0.2) is 8.42 Å². The van der Waals surface area contributed by atoms with Gasteiger partial charge in [0.2, 0.25) is 0 Å². The number of hydrogen-bond donors (Lipinski definition) is 0. The summed E-state index contributed by atoms with van der Waals surface area (Å²) >= 11 is 1.35. The van der Waals surface area contributed by atoms with Crippen molar-refractivity contribution in [2.75, 3.05) is 30.6 Å². The molecule has 1 amide bonds. The summed E-state index contributed by atoms with van der Waals surface area (Å²) in [6, 6.07) is 5.04. The van der Waals surface area contributed by atoms with Crippen molar-refractivity contribution < 1.29 is 22.7 Å². The number of benzene rings is 1. The number of ether oxygens (including phenoxy) is 2. The summed E-state index contributed by atoms with van der Waals surface area (Å²) in [4.78, 5) is 18.6. The topological polar surface area (TPSA) is 85.3 Å². The minimum atomic E-state index is -3.13. The molecule has 0 aliphatic carbocycles. The van der Waals surface area contributed by atoms with E-state index in [9.17, 15) is 13.2 Å². The third-order valence-electron chi connectivity index (χ3n) is 4.95. The predicted molar refractivity (Wildman–Crippen MR) is 108 cm³/mol. The number of methoxy groups -OCH3 is 2. The van der Waals surface area contributed by atoms with Crippen LogP contribution >= 0.6 is 11.8 Å². The highest BCUT2D eigenvalue weighted by molar-refractivity contribution is 8.16. The van der Waals surface area contributed by atoms with E-state index in [0.717, 1.165) is 0 Å². The first-order chi connectivity index (χ1) is 12.8. The summed E-state index contributed by atoms with van der Waals surface area (Å²) in [6.45, 7) is 3.78. The molecule has 2 heterocycles. The first-order valence-electron chi connectivity index (χ1n) is 8.80. The Morgan fingerprint density at radius 2 is 2.07 bits per heavy atom. The van der Waals surface area contributed by atoms with Crippen molar-refractivity contribution in [3.05, 3.63) is 18.2 Å². The summed E-state index contributed by atoms with van der Waals surface area (Å²) in [5.41, 5.74) is 0.657. The van der Waals surface area contributed by atoms with Crippen molar-refractivity contribution in [3.8, 4) is 11.5 Å². The van der Waals surface area contributed by atoms with Crippen molar-refractivity contribution in [3.63, 3.8) is 0 Å². The van der Waals surface area contributed by atoms with Gasteiger partial charge in [0.15, 0.2) is 15.0 Å². The number of nitrogens with zero attached hydrogens (tertiary/aromatic N) is 2. The summed E-state index contributed by atoms with van der Waals surface area (Å²) < 4.78 is 35.2. The molecule has 0 N–H and O–H groups in total. The van der Waals surface area contributed by atoms with Gasteiger partial charge in [0.1, 0.15) is 11.5 Å². The summed E-state index contributed by atoms with van der Waals surface area (Å²) in [5.74, 6) is 0.923. The van der Waals surface area contributed by atoms with E-state index in [1.807, 2.05) is 18.7 Å². The van der Waals surface area contributed by atoms with Crippen LogP contribution in [0.3, 0.4) is 0 Å². The van der Waals surface area contributed by atoms with E-state index >= 15 is 0 Å². The highest BCUT2D eigenvalue weighted by Gasteiger charge is 2.50. The molecule has 0 spiro atoms. The van der Waals surface area contributed by atoms with Gasteiger partial charge in [0.25, 0.3) is 5.91 Å². The molecule has 2 aliphatic rings. The number of thioether (sulfide) groups is 1. The molecule has 0 bridgehead atoms. The smallest absolute Gasteiger partial charge is 0.250 e. The van der Waals surface area contributed by atoms with Gasteiger partial charge in [-0.3, -0.25) is 4.79 Å². The Bertz CT molecular complexity index is 869. The second kappa shape index (κ2) is 7.71. The first-order valence-corrected chi connectivity index (χ1v) is 11.5. The standard InChI is InChI=1S/C18H24N2O5S2/c1-5-11(2)17(21)19-18-20(14-9-27(22,23)10-16(14)26-18)13-8-12(24-3)6-7-15(13)25-4/h6-8,11,14,16H,5,9-10H2,1-4H3/t11-,14-,16-/m0/s1. The molecular formula is C18H24N2O5S2. The van der Waals surface area contributed by atoms with Crippen LogP contribution in [0.25, 0.3) is 0 Å². The molecule has 7 nitrogen and oxygen atoms in total. The number of carbonyl (C=O) groups is 1. The Hall–Kier alpha value is -1.74. The van der Waals surface area contributed by atoms with E-state index in [1.54, 1.807) is 32.4 Å². The third kappa shape index (κ3) is 3.94. The molecule has 0 unspecified atom stereocenters. The van der Waals surface area contributed by atoms with Crippen LogP contribution in [0.4, 0.5) is 5.69 Å². The number of aliphatic imine (C=N–C) groups is 1. The van der Waals surface area contributed by atoms with E-state index in [-0.39, 0.29) is 34.6 Å². The lowest BCUT2D eigenvalue weighted by molar-refractivity contribution is -0.121. The molecule has 2 saturated heterocycles. The van der Waals surface area contributed by atoms with Crippen molar-refractivity contribution in [1.29, 1.82) is 0 Å². The number of anilines is 1. The summed E-state index contributed by atoms with van der Waals surface area (Å²) in [6.07, 6.45) is 0.698. The summed E-state index contributed by atoms with van der Waals surface area (Å²) in [5, 5.41) is 0.367. The number of amidine groups is 1. The fourth-order valence-electron chi connectivity index (χ4n) is 3.21. The predicted octanol–water partition coefficient (Wildman–Crippen LogP) is 2.35. The molecule has 2 aliphatic heterocycles. The molecule has 3 atom stereocenters. The van der Waals surface area contributed by atoms with E-state index in [4.69, 9.17) is 9.47 Å². The van der Waals surface area contributed by atoms with E-state index < -0.39 is 9.84 Å². The Balaban J connectivity index is 2.09. The van der Waals surface area contributed by atoms with Crippen LogP contribution in [0.5, 0.6) is 11.5 Å². The molecular weight excluding hydrogens is 388 g/mol.